The molecule has 2 heteroatoms. The standard InChI is InChI=1S/C62H44N2/c1-6-16-45(17-7-1)48-30-37-56(38-31-48)63(57-39-32-49(33-40-57)46-18-8-2-9-19-46)58-41-34-50(35-42-58)47-26-28-51(29-27-47)54-36-43-60-59(44-54)61(52-20-10-3-11-21-52)62(53-22-12-4-13-23-53)64(60)55-24-14-5-15-25-55/h1-44H. The van der Waals surface area contributed by atoms with Gasteiger partial charge >= 0.3 is 0 Å². The first-order valence-electron chi connectivity index (χ1n) is 21.9. The van der Waals surface area contributed by atoms with Crippen LogP contribution in [0.4, 0.5) is 17.1 Å². The predicted molar refractivity (Wildman–Crippen MR) is 271 cm³/mol. The summed E-state index contributed by atoms with van der Waals surface area (Å²) in [5.41, 5.74) is 19.9. The van der Waals surface area contributed by atoms with Gasteiger partial charge in [0, 0.05) is 33.7 Å². The Balaban J connectivity index is 0.938. The monoisotopic (exact) mass is 816 g/mol. The van der Waals surface area contributed by atoms with Crippen LogP contribution in [0.25, 0.3) is 83.5 Å². The molecule has 64 heavy (non-hydrogen) atoms. The molecule has 0 fully saturated rings. The number of anilines is 3. The highest BCUT2D eigenvalue weighted by Gasteiger charge is 2.22. The summed E-state index contributed by atoms with van der Waals surface area (Å²) in [6.07, 6.45) is 0. The van der Waals surface area contributed by atoms with Crippen molar-refractivity contribution in [1.29, 1.82) is 0 Å². The molecular formula is C62H44N2. The lowest BCUT2D eigenvalue weighted by atomic mass is 9.95. The van der Waals surface area contributed by atoms with E-state index in [9.17, 15) is 0 Å². The first-order chi connectivity index (χ1) is 31.7. The molecule has 10 aromatic carbocycles. The number of hydrogen-bond donors (Lipinski definition) is 0. The molecule has 0 aliphatic carbocycles. The molecular weight excluding hydrogens is 773 g/mol. The van der Waals surface area contributed by atoms with Gasteiger partial charge in [0.2, 0.25) is 0 Å². The smallest absolute Gasteiger partial charge is 0.0619 e. The summed E-state index contributed by atoms with van der Waals surface area (Å²) in [5.74, 6) is 0. The lowest BCUT2D eigenvalue weighted by Gasteiger charge is -2.26. The summed E-state index contributed by atoms with van der Waals surface area (Å²) in [6, 6.07) is 96.1. The molecule has 0 saturated heterocycles. The molecule has 302 valence electrons. The maximum absolute atomic E-state index is 2.42. The topological polar surface area (TPSA) is 8.17 Å². The van der Waals surface area contributed by atoms with E-state index in [0.29, 0.717) is 0 Å². The maximum Gasteiger partial charge on any atom is 0.0619 e. The fraction of sp³-hybridized carbons (Fsp3) is 0. The van der Waals surface area contributed by atoms with Crippen LogP contribution in [0.2, 0.25) is 0 Å². The van der Waals surface area contributed by atoms with E-state index in [4.69, 9.17) is 0 Å². The molecule has 11 rings (SSSR count). The molecule has 1 aromatic heterocycles. The lowest BCUT2D eigenvalue weighted by molar-refractivity contribution is 1.13. The lowest BCUT2D eigenvalue weighted by Crippen LogP contribution is -2.09. The molecule has 11 aromatic rings. The van der Waals surface area contributed by atoms with Crippen LogP contribution in [0.1, 0.15) is 0 Å². The second-order valence-electron chi connectivity index (χ2n) is 16.1. The first-order valence-corrected chi connectivity index (χ1v) is 21.9. The van der Waals surface area contributed by atoms with E-state index < -0.39 is 0 Å². The van der Waals surface area contributed by atoms with E-state index in [1.54, 1.807) is 0 Å². The third-order valence-corrected chi connectivity index (χ3v) is 12.2. The second-order valence-corrected chi connectivity index (χ2v) is 16.1. The van der Waals surface area contributed by atoms with Crippen molar-refractivity contribution in [2.24, 2.45) is 0 Å². The van der Waals surface area contributed by atoms with Crippen LogP contribution < -0.4 is 4.90 Å². The van der Waals surface area contributed by atoms with Gasteiger partial charge in [-0.25, -0.2) is 0 Å². The van der Waals surface area contributed by atoms with Gasteiger partial charge in [-0.3, -0.25) is 0 Å². The Hall–Kier alpha value is -8.46. The fourth-order valence-electron chi connectivity index (χ4n) is 9.05. The van der Waals surface area contributed by atoms with Crippen molar-refractivity contribution < 1.29 is 0 Å². The highest BCUT2D eigenvalue weighted by molar-refractivity contribution is 6.07. The minimum Gasteiger partial charge on any atom is -0.311 e. The van der Waals surface area contributed by atoms with Crippen molar-refractivity contribution in [2.75, 3.05) is 4.90 Å². The van der Waals surface area contributed by atoms with Crippen LogP contribution in [0.15, 0.2) is 267 Å². The SMILES string of the molecule is c1ccc(-c2ccc(N(c3ccc(-c4ccccc4)cc3)c3ccc(-c4ccc(-c5ccc6c(c5)c(-c5ccccc5)c(-c5ccccc5)n6-c5ccccc5)cc4)cc3)cc2)cc1. The Morgan fingerprint density at radius 1 is 0.250 bits per heavy atom. The van der Waals surface area contributed by atoms with Crippen LogP contribution >= 0.6 is 0 Å². The normalized spacial score (nSPS) is 11.1. The van der Waals surface area contributed by atoms with Crippen LogP contribution in [0.3, 0.4) is 0 Å². The van der Waals surface area contributed by atoms with Gasteiger partial charge in [0.25, 0.3) is 0 Å². The minimum absolute atomic E-state index is 1.10. The molecule has 0 amide bonds. The Morgan fingerprint density at radius 2 is 0.562 bits per heavy atom. The van der Waals surface area contributed by atoms with E-state index in [0.717, 1.165) is 22.7 Å². The number of aromatic nitrogens is 1. The summed E-state index contributed by atoms with van der Waals surface area (Å²) < 4.78 is 2.42. The first kappa shape index (κ1) is 38.5. The average molecular weight is 817 g/mol. The summed E-state index contributed by atoms with van der Waals surface area (Å²) in [7, 11) is 0. The number of rotatable bonds is 10. The van der Waals surface area contributed by atoms with E-state index in [1.165, 1.54) is 77.8 Å². The van der Waals surface area contributed by atoms with Crippen LogP contribution in [-0.4, -0.2) is 4.57 Å². The molecule has 0 unspecified atom stereocenters. The predicted octanol–water partition coefficient (Wildman–Crippen LogP) is 17.1. The number of benzene rings is 10. The molecule has 0 radical (unpaired) electrons. The van der Waals surface area contributed by atoms with E-state index in [2.05, 4.69) is 276 Å². The van der Waals surface area contributed by atoms with Gasteiger partial charge in [0.05, 0.1) is 11.2 Å². The van der Waals surface area contributed by atoms with Crippen LogP contribution in [-0.2, 0) is 0 Å². The summed E-state index contributed by atoms with van der Waals surface area (Å²) in [4.78, 5) is 2.34. The quantitative estimate of drug-likeness (QED) is 0.133. The van der Waals surface area contributed by atoms with E-state index >= 15 is 0 Å². The average Bonchev–Trinajstić information content (AvgIpc) is 3.73. The van der Waals surface area contributed by atoms with Crippen molar-refractivity contribution in [2.45, 2.75) is 0 Å². The maximum atomic E-state index is 2.42. The van der Waals surface area contributed by atoms with Crippen molar-refractivity contribution in [3.63, 3.8) is 0 Å². The minimum atomic E-state index is 1.10. The second kappa shape index (κ2) is 17.1. The molecule has 2 nitrogen and oxygen atoms in total. The van der Waals surface area contributed by atoms with Crippen LogP contribution in [0.5, 0.6) is 0 Å². The molecule has 0 saturated carbocycles. The van der Waals surface area contributed by atoms with Gasteiger partial charge in [0.15, 0.2) is 0 Å². The Labute approximate surface area is 375 Å². The van der Waals surface area contributed by atoms with Crippen molar-refractivity contribution >= 4 is 28.0 Å². The van der Waals surface area contributed by atoms with Crippen LogP contribution in [0, 0.1) is 0 Å². The summed E-state index contributed by atoms with van der Waals surface area (Å²) >= 11 is 0. The third kappa shape index (κ3) is 7.48. The van der Waals surface area contributed by atoms with Crippen molar-refractivity contribution in [1.82, 2.24) is 4.57 Å². The number of para-hydroxylation sites is 1. The number of nitrogens with zero attached hydrogens (tertiary/aromatic N) is 2. The van der Waals surface area contributed by atoms with Gasteiger partial charge in [0.1, 0.15) is 0 Å². The Kier molecular flexibility index (Phi) is 10.3. The van der Waals surface area contributed by atoms with Gasteiger partial charge in [-0.1, -0.05) is 206 Å². The van der Waals surface area contributed by atoms with Gasteiger partial charge < -0.3 is 9.47 Å². The molecule has 0 atom stereocenters. The summed E-state index contributed by atoms with van der Waals surface area (Å²) in [5, 5.41) is 1.22. The zero-order chi connectivity index (χ0) is 42.7. The number of hydrogen-bond acceptors (Lipinski definition) is 1. The van der Waals surface area contributed by atoms with E-state index in [-0.39, 0.29) is 0 Å². The summed E-state index contributed by atoms with van der Waals surface area (Å²) in [6.45, 7) is 0. The van der Waals surface area contributed by atoms with Gasteiger partial charge in [-0.15, -0.1) is 0 Å². The highest BCUT2D eigenvalue weighted by atomic mass is 15.1. The van der Waals surface area contributed by atoms with Crippen molar-refractivity contribution in [3.05, 3.63) is 267 Å². The molecule has 0 spiro atoms. The molecule has 0 N–H and O–H groups in total. The molecule has 0 bridgehead atoms. The third-order valence-electron chi connectivity index (χ3n) is 12.2. The van der Waals surface area contributed by atoms with E-state index in [1.807, 2.05) is 0 Å². The molecule has 1 heterocycles. The number of fused-ring (bicyclic) bond motifs is 1. The Morgan fingerprint density at radius 3 is 0.984 bits per heavy atom. The highest BCUT2D eigenvalue weighted by Crippen LogP contribution is 2.44. The zero-order valence-electron chi connectivity index (χ0n) is 35.3. The zero-order valence-corrected chi connectivity index (χ0v) is 35.3. The molecule has 0 aliphatic heterocycles. The molecule has 0 aliphatic rings. The fourth-order valence-corrected chi connectivity index (χ4v) is 9.05. The van der Waals surface area contributed by atoms with Gasteiger partial charge in [-0.05, 0) is 116 Å². The Bertz CT molecular complexity index is 3200. The van der Waals surface area contributed by atoms with Gasteiger partial charge in [-0.2, -0.15) is 0 Å². The largest absolute Gasteiger partial charge is 0.311 e. The van der Waals surface area contributed by atoms with Crippen molar-refractivity contribution in [3.8, 4) is 72.6 Å².